The number of aliphatic hydroxyl groups is 1. The molecule has 1 N–H and O–H groups in total. The van der Waals surface area contributed by atoms with Crippen molar-refractivity contribution in [3.8, 4) is 5.75 Å². The van der Waals surface area contributed by atoms with Gasteiger partial charge < -0.3 is 9.84 Å². The van der Waals surface area contributed by atoms with Crippen LogP contribution in [0.25, 0.3) is 0 Å². The molecule has 0 saturated heterocycles. The van der Waals surface area contributed by atoms with Crippen molar-refractivity contribution in [3.63, 3.8) is 0 Å². The number of rotatable bonds is 4. The molecule has 0 saturated carbocycles. The summed E-state index contributed by atoms with van der Waals surface area (Å²) in [6.45, 7) is 2.60. The zero-order valence-corrected chi connectivity index (χ0v) is 8.29. The molecule has 0 radical (unpaired) electrons. The van der Waals surface area contributed by atoms with Crippen molar-refractivity contribution in [1.29, 1.82) is 0 Å². The standard InChI is InChI=1S/C10H13ClO2/c1-8(6-12)7-13-10-4-2-9(11)3-5-10/h2-5,8,12H,6-7H2,1H3/t8-/m0/s1. The third-order valence-electron chi connectivity index (χ3n) is 1.66. The van der Waals surface area contributed by atoms with Crippen LogP contribution < -0.4 is 4.74 Å². The molecule has 0 unspecified atom stereocenters. The number of hydrogen-bond acceptors (Lipinski definition) is 2. The van der Waals surface area contributed by atoms with Crippen molar-refractivity contribution in [3.05, 3.63) is 29.3 Å². The third-order valence-corrected chi connectivity index (χ3v) is 1.91. The van der Waals surface area contributed by atoms with Gasteiger partial charge in [-0.3, -0.25) is 0 Å². The average molecular weight is 201 g/mol. The molecular formula is C10H13ClO2. The highest BCUT2D eigenvalue weighted by molar-refractivity contribution is 6.30. The molecular weight excluding hydrogens is 188 g/mol. The van der Waals surface area contributed by atoms with E-state index in [9.17, 15) is 0 Å². The van der Waals surface area contributed by atoms with Crippen LogP contribution in [0.15, 0.2) is 24.3 Å². The Morgan fingerprint density at radius 3 is 2.54 bits per heavy atom. The zero-order chi connectivity index (χ0) is 9.68. The largest absolute Gasteiger partial charge is 0.493 e. The smallest absolute Gasteiger partial charge is 0.119 e. The summed E-state index contributed by atoms with van der Waals surface area (Å²) in [5, 5.41) is 9.45. The van der Waals surface area contributed by atoms with Gasteiger partial charge in [0, 0.05) is 17.5 Å². The van der Waals surface area contributed by atoms with Crippen LogP contribution in [0.3, 0.4) is 0 Å². The van der Waals surface area contributed by atoms with Gasteiger partial charge in [-0.1, -0.05) is 18.5 Å². The highest BCUT2D eigenvalue weighted by Crippen LogP contribution is 2.15. The van der Waals surface area contributed by atoms with Gasteiger partial charge in [0.05, 0.1) is 6.61 Å². The Kier molecular flexibility index (Phi) is 4.06. The minimum atomic E-state index is 0.146. The second-order valence-electron chi connectivity index (χ2n) is 3.05. The molecule has 2 nitrogen and oxygen atoms in total. The number of ether oxygens (including phenoxy) is 1. The molecule has 0 spiro atoms. The summed E-state index contributed by atoms with van der Waals surface area (Å²) in [5.74, 6) is 0.945. The minimum absolute atomic E-state index is 0.146. The van der Waals surface area contributed by atoms with Gasteiger partial charge in [0.1, 0.15) is 5.75 Å². The summed E-state index contributed by atoms with van der Waals surface area (Å²) in [6, 6.07) is 7.18. The van der Waals surface area contributed by atoms with E-state index in [0.717, 1.165) is 5.75 Å². The normalized spacial score (nSPS) is 12.5. The lowest BCUT2D eigenvalue weighted by Crippen LogP contribution is -2.11. The second-order valence-corrected chi connectivity index (χ2v) is 3.49. The van der Waals surface area contributed by atoms with Crippen molar-refractivity contribution in [2.45, 2.75) is 6.92 Å². The Balaban J connectivity index is 2.41. The maximum atomic E-state index is 8.76. The summed E-state index contributed by atoms with van der Waals surface area (Å²) in [5.41, 5.74) is 0. The summed E-state index contributed by atoms with van der Waals surface area (Å²) in [4.78, 5) is 0. The fraction of sp³-hybridized carbons (Fsp3) is 0.400. The molecule has 0 aromatic heterocycles. The molecule has 13 heavy (non-hydrogen) atoms. The van der Waals surface area contributed by atoms with Crippen molar-refractivity contribution < 1.29 is 9.84 Å². The number of benzene rings is 1. The minimum Gasteiger partial charge on any atom is -0.493 e. The van der Waals surface area contributed by atoms with Gasteiger partial charge in [-0.25, -0.2) is 0 Å². The molecule has 1 atom stereocenters. The predicted molar refractivity (Wildman–Crippen MR) is 53.2 cm³/mol. The molecule has 0 heterocycles. The first kappa shape index (κ1) is 10.4. The summed E-state index contributed by atoms with van der Waals surface area (Å²) >= 11 is 5.71. The molecule has 0 fully saturated rings. The molecule has 0 aliphatic carbocycles. The Labute approximate surface area is 83.1 Å². The maximum Gasteiger partial charge on any atom is 0.119 e. The topological polar surface area (TPSA) is 29.5 Å². The van der Waals surface area contributed by atoms with E-state index in [1.165, 1.54) is 0 Å². The monoisotopic (exact) mass is 200 g/mol. The van der Waals surface area contributed by atoms with E-state index in [-0.39, 0.29) is 12.5 Å². The highest BCUT2D eigenvalue weighted by Gasteiger charge is 2.00. The first-order chi connectivity index (χ1) is 6.22. The van der Waals surface area contributed by atoms with Crippen molar-refractivity contribution in [2.75, 3.05) is 13.2 Å². The van der Waals surface area contributed by atoms with Crippen LogP contribution in [0.4, 0.5) is 0 Å². The summed E-state index contributed by atoms with van der Waals surface area (Å²) in [6.07, 6.45) is 0. The molecule has 1 aromatic rings. The van der Waals surface area contributed by atoms with Gasteiger partial charge in [-0.05, 0) is 24.3 Å². The number of halogens is 1. The zero-order valence-electron chi connectivity index (χ0n) is 7.53. The molecule has 72 valence electrons. The molecule has 0 aliphatic heterocycles. The van der Waals surface area contributed by atoms with Gasteiger partial charge in [-0.15, -0.1) is 0 Å². The van der Waals surface area contributed by atoms with E-state index >= 15 is 0 Å². The van der Waals surface area contributed by atoms with Crippen molar-refractivity contribution >= 4 is 11.6 Å². The van der Waals surface area contributed by atoms with Crippen LogP contribution in [0.5, 0.6) is 5.75 Å². The molecule has 0 bridgehead atoms. The van der Waals surface area contributed by atoms with Crippen LogP contribution >= 0.6 is 11.6 Å². The Hall–Kier alpha value is -0.730. The van der Waals surface area contributed by atoms with E-state index in [1.54, 1.807) is 12.1 Å². The van der Waals surface area contributed by atoms with Gasteiger partial charge >= 0.3 is 0 Å². The number of aliphatic hydroxyl groups excluding tert-OH is 1. The van der Waals surface area contributed by atoms with Crippen LogP contribution in [0.1, 0.15) is 6.92 Å². The van der Waals surface area contributed by atoms with Crippen molar-refractivity contribution in [1.82, 2.24) is 0 Å². The maximum absolute atomic E-state index is 8.76. The lowest BCUT2D eigenvalue weighted by atomic mass is 10.2. The van der Waals surface area contributed by atoms with Crippen LogP contribution in [-0.4, -0.2) is 18.3 Å². The number of hydrogen-bond donors (Lipinski definition) is 1. The molecule has 0 amide bonds. The Morgan fingerprint density at radius 2 is 2.00 bits per heavy atom. The summed E-state index contributed by atoms with van der Waals surface area (Å²) in [7, 11) is 0. The first-order valence-electron chi connectivity index (χ1n) is 4.21. The van der Waals surface area contributed by atoms with Gasteiger partial charge in [0.25, 0.3) is 0 Å². The SMILES string of the molecule is C[C@@H](CO)COc1ccc(Cl)cc1. The fourth-order valence-electron chi connectivity index (χ4n) is 0.822. The molecule has 3 heteroatoms. The van der Waals surface area contributed by atoms with Crippen LogP contribution in [-0.2, 0) is 0 Å². The predicted octanol–water partition coefficient (Wildman–Crippen LogP) is 2.35. The van der Waals surface area contributed by atoms with Crippen LogP contribution in [0.2, 0.25) is 5.02 Å². The van der Waals surface area contributed by atoms with E-state index in [1.807, 2.05) is 19.1 Å². The van der Waals surface area contributed by atoms with Gasteiger partial charge in [0.2, 0.25) is 0 Å². The third kappa shape index (κ3) is 3.66. The van der Waals surface area contributed by atoms with E-state index in [0.29, 0.717) is 11.6 Å². The Morgan fingerprint density at radius 1 is 1.38 bits per heavy atom. The fourth-order valence-corrected chi connectivity index (χ4v) is 0.948. The highest BCUT2D eigenvalue weighted by atomic mass is 35.5. The second kappa shape index (κ2) is 5.10. The van der Waals surface area contributed by atoms with E-state index in [2.05, 4.69) is 0 Å². The average Bonchev–Trinajstić information content (AvgIpc) is 2.16. The van der Waals surface area contributed by atoms with E-state index < -0.39 is 0 Å². The first-order valence-corrected chi connectivity index (χ1v) is 4.59. The van der Waals surface area contributed by atoms with Gasteiger partial charge in [-0.2, -0.15) is 0 Å². The molecule has 1 aromatic carbocycles. The van der Waals surface area contributed by atoms with E-state index in [4.69, 9.17) is 21.4 Å². The quantitative estimate of drug-likeness (QED) is 0.809. The lowest BCUT2D eigenvalue weighted by Gasteiger charge is -2.09. The lowest BCUT2D eigenvalue weighted by molar-refractivity contribution is 0.174. The summed E-state index contributed by atoms with van der Waals surface area (Å²) < 4.78 is 5.40. The molecule has 1 rings (SSSR count). The van der Waals surface area contributed by atoms with Crippen molar-refractivity contribution in [2.24, 2.45) is 5.92 Å². The molecule has 0 aliphatic rings. The van der Waals surface area contributed by atoms with Gasteiger partial charge in [0.15, 0.2) is 0 Å². The Bertz CT molecular complexity index is 246. The van der Waals surface area contributed by atoms with Crippen LogP contribution in [0, 0.1) is 5.92 Å².